The van der Waals surface area contributed by atoms with Crippen LogP contribution < -0.4 is 16.2 Å². The maximum Gasteiger partial charge on any atom is 0.261 e. The van der Waals surface area contributed by atoms with Gasteiger partial charge in [0.25, 0.3) is 5.56 Å². The van der Waals surface area contributed by atoms with Gasteiger partial charge in [-0.3, -0.25) is 4.79 Å². The van der Waals surface area contributed by atoms with Crippen LogP contribution in [0.2, 0.25) is 5.02 Å². The second-order valence-corrected chi connectivity index (χ2v) is 8.51. The van der Waals surface area contributed by atoms with Crippen molar-refractivity contribution in [2.45, 2.75) is 12.5 Å². The van der Waals surface area contributed by atoms with Crippen molar-refractivity contribution in [2.24, 2.45) is 0 Å². The molecular formula is C22H23ClN6O. The molecule has 3 heterocycles. The first-order valence-corrected chi connectivity index (χ1v) is 10.3. The van der Waals surface area contributed by atoms with E-state index in [0.29, 0.717) is 39.0 Å². The molecule has 4 N–H and O–H groups in total. The monoisotopic (exact) mass is 422 g/mol. The number of nitrogen functional groups attached to an aromatic ring is 1. The maximum absolute atomic E-state index is 12.8. The highest BCUT2D eigenvalue weighted by Crippen LogP contribution is 2.31. The molecule has 7 nitrogen and oxygen atoms in total. The highest BCUT2D eigenvalue weighted by atomic mass is 35.5. The molecule has 0 bridgehead atoms. The van der Waals surface area contributed by atoms with Crippen LogP contribution in [-0.2, 0) is 0 Å². The first-order valence-electron chi connectivity index (χ1n) is 9.93. The lowest BCUT2D eigenvalue weighted by Crippen LogP contribution is -2.31. The molecule has 4 aromatic rings. The van der Waals surface area contributed by atoms with E-state index < -0.39 is 0 Å². The highest BCUT2D eigenvalue weighted by Gasteiger charge is 2.24. The van der Waals surface area contributed by atoms with E-state index in [0.717, 1.165) is 36.2 Å². The van der Waals surface area contributed by atoms with E-state index in [1.807, 2.05) is 6.07 Å². The summed E-state index contributed by atoms with van der Waals surface area (Å²) in [5, 5.41) is 1.26. The number of imidazole rings is 1. The fraction of sp³-hybridized carbons (Fsp3) is 0.273. The number of rotatable bonds is 3. The van der Waals surface area contributed by atoms with Gasteiger partial charge in [-0.05, 0) is 56.9 Å². The van der Waals surface area contributed by atoms with Crippen LogP contribution in [-0.4, -0.2) is 53.1 Å². The molecule has 0 saturated carbocycles. The second kappa shape index (κ2) is 7.04. The van der Waals surface area contributed by atoms with Crippen molar-refractivity contribution >= 4 is 44.9 Å². The summed E-state index contributed by atoms with van der Waals surface area (Å²) in [6.45, 7) is 2.02. The smallest absolute Gasteiger partial charge is 0.261 e. The van der Waals surface area contributed by atoms with Crippen LogP contribution in [0.25, 0.3) is 33.3 Å². The van der Waals surface area contributed by atoms with E-state index >= 15 is 0 Å². The number of likely N-dealkylation sites (N-methyl/N-ethyl adjacent to an activating group) is 1. The highest BCUT2D eigenvalue weighted by molar-refractivity contribution is 6.31. The summed E-state index contributed by atoms with van der Waals surface area (Å²) in [4.78, 5) is 28.2. The van der Waals surface area contributed by atoms with Crippen LogP contribution in [0, 0.1) is 0 Å². The molecule has 5 rings (SSSR count). The van der Waals surface area contributed by atoms with Crippen molar-refractivity contribution in [3.8, 4) is 11.4 Å². The number of aromatic nitrogens is 3. The molecule has 1 aliphatic heterocycles. The van der Waals surface area contributed by atoms with Gasteiger partial charge < -0.3 is 25.5 Å². The normalized spacial score (nSPS) is 16.9. The van der Waals surface area contributed by atoms with Gasteiger partial charge in [0.15, 0.2) is 0 Å². The van der Waals surface area contributed by atoms with E-state index in [-0.39, 0.29) is 5.56 Å². The summed E-state index contributed by atoms with van der Waals surface area (Å²) < 4.78 is 0. The Morgan fingerprint density at radius 3 is 2.77 bits per heavy atom. The van der Waals surface area contributed by atoms with Crippen LogP contribution in [0.3, 0.4) is 0 Å². The van der Waals surface area contributed by atoms with Gasteiger partial charge in [0.05, 0.1) is 22.2 Å². The molecular weight excluding hydrogens is 400 g/mol. The predicted octanol–water partition coefficient (Wildman–Crippen LogP) is 3.45. The van der Waals surface area contributed by atoms with E-state index in [4.69, 9.17) is 17.3 Å². The van der Waals surface area contributed by atoms with Crippen LogP contribution in [0.15, 0.2) is 41.2 Å². The zero-order valence-electron chi connectivity index (χ0n) is 16.9. The number of hydrogen-bond acceptors (Lipinski definition) is 5. The van der Waals surface area contributed by atoms with Gasteiger partial charge in [-0.15, -0.1) is 0 Å². The molecule has 0 amide bonds. The van der Waals surface area contributed by atoms with Crippen LogP contribution in [0.4, 0.5) is 11.4 Å². The van der Waals surface area contributed by atoms with Crippen molar-refractivity contribution in [1.82, 2.24) is 19.9 Å². The zero-order chi connectivity index (χ0) is 21.0. The number of aromatic amines is 2. The quantitative estimate of drug-likeness (QED) is 0.470. The SMILES string of the molecule is CN(C)C1CCN(c2ccc3nc(-c4c(N)c5cc(Cl)ccc5[nH]c4=O)[nH]c3c2)C1. The summed E-state index contributed by atoms with van der Waals surface area (Å²) in [7, 11) is 4.24. The molecule has 154 valence electrons. The minimum absolute atomic E-state index is 0.282. The third-order valence-electron chi connectivity index (χ3n) is 5.98. The van der Waals surface area contributed by atoms with E-state index in [2.05, 4.69) is 51.0 Å². The number of anilines is 2. The lowest BCUT2D eigenvalue weighted by atomic mass is 10.1. The Morgan fingerprint density at radius 1 is 1.17 bits per heavy atom. The fourth-order valence-corrected chi connectivity index (χ4v) is 4.41. The second-order valence-electron chi connectivity index (χ2n) is 8.07. The Bertz CT molecular complexity index is 1320. The minimum Gasteiger partial charge on any atom is -0.397 e. The van der Waals surface area contributed by atoms with Crippen molar-refractivity contribution < 1.29 is 0 Å². The van der Waals surface area contributed by atoms with Gasteiger partial charge in [-0.25, -0.2) is 4.98 Å². The molecule has 0 spiro atoms. The lowest BCUT2D eigenvalue weighted by molar-refractivity contribution is 0.315. The molecule has 30 heavy (non-hydrogen) atoms. The minimum atomic E-state index is -0.282. The fourth-order valence-electron chi connectivity index (χ4n) is 4.24. The Hall–Kier alpha value is -3.03. The van der Waals surface area contributed by atoms with Crippen molar-refractivity contribution in [3.63, 3.8) is 0 Å². The molecule has 0 radical (unpaired) electrons. The third-order valence-corrected chi connectivity index (χ3v) is 6.21. The van der Waals surface area contributed by atoms with Gasteiger partial charge >= 0.3 is 0 Å². The first kappa shape index (κ1) is 19.0. The number of nitrogens with zero attached hydrogens (tertiary/aromatic N) is 3. The number of pyridine rings is 1. The average Bonchev–Trinajstić information content (AvgIpc) is 3.35. The first-order chi connectivity index (χ1) is 14.4. The van der Waals surface area contributed by atoms with Crippen molar-refractivity contribution in [3.05, 3.63) is 51.8 Å². The number of hydrogen-bond donors (Lipinski definition) is 3. The van der Waals surface area contributed by atoms with Crippen LogP contribution in [0.5, 0.6) is 0 Å². The number of benzene rings is 2. The topological polar surface area (TPSA) is 94.0 Å². The Balaban J connectivity index is 1.57. The number of H-pyrrole nitrogens is 2. The molecule has 1 atom stereocenters. The average molecular weight is 423 g/mol. The molecule has 1 saturated heterocycles. The maximum atomic E-state index is 12.8. The van der Waals surface area contributed by atoms with Gasteiger partial charge in [-0.2, -0.15) is 0 Å². The van der Waals surface area contributed by atoms with Crippen LogP contribution >= 0.6 is 11.6 Å². The molecule has 1 unspecified atom stereocenters. The summed E-state index contributed by atoms with van der Waals surface area (Å²) in [5.74, 6) is 0.454. The van der Waals surface area contributed by atoms with E-state index in [1.54, 1.807) is 18.2 Å². The standard InChI is InChI=1S/C22H23ClN6O/c1-28(2)14-7-8-29(11-14)13-4-6-17-18(10-13)26-21(25-17)19-20(24)15-9-12(23)3-5-16(15)27-22(19)30/h3-6,9-10,14H,7-8,11H2,1-2H3,(H,25,26)(H3,24,27,30). The van der Waals surface area contributed by atoms with Gasteiger partial charge in [0.2, 0.25) is 0 Å². The van der Waals surface area contributed by atoms with Crippen molar-refractivity contribution in [1.29, 1.82) is 0 Å². The largest absolute Gasteiger partial charge is 0.397 e. The Labute approximate surface area is 178 Å². The lowest BCUT2D eigenvalue weighted by Gasteiger charge is -2.21. The van der Waals surface area contributed by atoms with E-state index in [9.17, 15) is 4.79 Å². The molecule has 1 fully saturated rings. The summed E-state index contributed by atoms with van der Waals surface area (Å²) >= 11 is 6.12. The molecule has 8 heteroatoms. The predicted molar refractivity (Wildman–Crippen MR) is 123 cm³/mol. The number of nitrogens with two attached hydrogens (primary N) is 1. The Morgan fingerprint density at radius 2 is 2.00 bits per heavy atom. The van der Waals surface area contributed by atoms with E-state index in [1.165, 1.54) is 0 Å². The summed E-state index contributed by atoms with van der Waals surface area (Å²) in [6, 6.07) is 11.9. The molecule has 1 aliphatic rings. The van der Waals surface area contributed by atoms with Gasteiger partial charge in [-0.1, -0.05) is 11.6 Å². The molecule has 2 aromatic carbocycles. The number of fused-ring (bicyclic) bond motifs is 2. The van der Waals surface area contributed by atoms with Gasteiger partial charge in [0, 0.05) is 35.2 Å². The van der Waals surface area contributed by atoms with Crippen LogP contribution in [0.1, 0.15) is 6.42 Å². The molecule has 2 aromatic heterocycles. The number of nitrogens with one attached hydrogen (secondary N) is 2. The summed E-state index contributed by atoms with van der Waals surface area (Å²) in [6.07, 6.45) is 1.14. The Kier molecular flexibility index (Phi) is 4.45. The summed E-state index contributed by atoms with van der Waals surface area (Å²) in [5.41, 5.74) is 10.2. The zero-order valence-corrected chi connectivity index (χ0v) is 17.6. The van der Waals surface area contributed by atoms with Gasteiger partial charge in [0.1, 0.15) is 11.4 Å². The number of halogens is 1. The van der Waals surface area contributed by atoms with Crippen molar-refractivity contribution in [2.75, 3.05) is 37.8 Å². The third kappa shape index (κ3) is 3.11. The molecule has 0 aliphatic carbocycles.